The third-order valence-electron chi connectivity index (χ3n) is 8.71. The summed E-state index contributed by atoms with van der Waals surface area (Å²) in [7, 11) is 0. The maximum absolute atomic E-state index is 13.1. The quantitative estimate of drug-likeness (QED) is 0.282. The molecule has 5 rings (SSSR count). The maximum Gasteiger partial charge on any atom is 0.411 e. The molecule has 0 bridgehead atoms. The molecule has 1 fully saturated rings. The molecule has 2 atom stereocenters. The van der Waals surface area contributed by atoms with Crippen molar-refractivity contribution in [2.75, 3.05) is 55.7 Å². The molecule has 10 heteroatoms. The first kappa shape index (κ1) is 30.8. The second kappa shape index (κ2) is 13.3. The van der Waals surface area contributed by atoms with Gasteiger partial charge < -0.3 is 19.3 Å². The molecule has 2 aromatic carbocycles. The number of anilines is 2. The Balaban J connectivity index is 1.16. The number of amides is 2. The number of carbonyl (C=O) groups excluding carboxylic acids is 2. The van der Waals surface area contributed by atoms with Crippen LogP contribution < -0.4 is 14.5 Å². The number of ether oxygens (including phenoxy) is 2. The van der Waals surface area contributed by atoms with Gasteiger partial charge in [0.05, 0.1) is 28.0 Å². The zero-order chi connectivity index (χ0) is 30.0. The summed E-state index contributed by atoms with van der Waals surface area (Å²) < 4.78 is 12.3. The monoisotopic (exact) mass is 616 g/mol. The summed E-state index contributed by atoms with van der Waals surface area (Å²) in [5.74, 6) is 0.590. The fourth-order valence-electron chi connectivity index (χ4n) is 6.41. The number of carbonyl (C=O) groups is 2. The normalized spacial score (nSPS) is 20.2. The Bertz CT molecular complexity index is 1300. The first-order chi connectivity index (χ1) is 20.2. The van der Waals surface area contributed by atoms with Crippen LogP contribution in [0.3, 0.4) is 0 Å². The molecule has 42 heavy (non-hydrogen) atoms. The lowest BCUT2D eigenvalue weighted by Crippen LogP contribution is -2.47. The molecule has 3 heterocycles. The highest BCUT2D eigenvalue weighted by atomic mass is 35.5. The van der Waals surface area contributed by atoms with Crippen molar-refractivity contribution in [1.29, 1.82) is 0 Å². The molecule has 2 unspecified atom stereocenters. The van der Waals surface area contributed by atoms with Gasteiger partial charge in [-0.05, 0) is 70.3 Å². The third kappa shape index (κ3) is 6.17. The number of hydrogen-bond acceptors (Lipinski definition) is 6. The van der Waals surface area contributed by atoms with Crippen LogP contribution in [-0.4, -0.2) is 79.9 Å². The van der Waals surface area contributed by atoms with Gasteiger partial charge in [-0.15, -0.1) is 0 Å². The number of aryl methyl sites for hydroxylation is 1. The molecule has 0 spiro atoms. The van der Waals surface area contributed by atoms with Gasteiger partial charge in [0.25, 0.3) is 0 Å². The van der Waals surface area contributed by atoms with Crippen LogP contribution in [0.25, 0.3) is 0 Å². The van der Waals surface area contributed by atoms with Gasteiger partial charge in [-0.25, -0.2) is 4.79 Å². The number of piperazine rings is 1. The summed E-state index contributed by atoms with van der Waals surface area (Å²) in [6.07, 6.45) is 1.99. The smallest absolute Gasteiger partial charge is 0.411 e. The topological polar surface area (TPSA) is 65.6 Å². The molecule has 2 aromatic rings. The minimum absolute atomic E-state index is 0.00613. The number of benzene rings is 2. The Morgan fingerprint density at radius 1 is 1.07 bits per heavy atom. The lowest BCUT2D eigenvalue weighted by atomic mass is 9.95. The van der Waals surface area contributed by atoms with Crippen LogP contribution in [0.5, 0.6) is 5.75 Å². The van der Waals surface area contributed by atoms with E-state index in [0.717, 1.165) is 73.8 Å². The van der Waals surface area contributed by atoms with E-state index >= 15 is 0 Å². The molecule has 0 aromatic heterocycles. The van der Waals surface area contributed by atoms with E-state index in [0.29, 0.717) is 36.0 Å². The molecule has 3 aliphatic heterocycles. The SMILES string of the molecule is CCN(C(=O)OC1C(C)c2c(OCCCCN3CCN(c4cccc(Cl)c4Cl)CC3)ccc3c2N1C(=O)CC3)C(C)C. The lowest BCUT2D eigenvalue weighted by molar-refractivity contribution is -0.121. The zero-order valence-corrected chi connectivity index (χ0v) is 26.6. The Labute approximate surface area is 259 Å². The van der Waals surface area contributed by atoms with Crippen LogP contribution in [0, 0.1) is 0 Å². The third-order valence-corrected chi connectivity index (χ3v) is 9.52. The molecule has 1 saturated heterocycles. The Kier molecular flexibility index (Phi) is 9.75. The van der Waals surface area contributed by atoms with Crippen molar-refractivity contribution in [2.45, 2.75) is 71.6 Å². The first-order valence-corrected chi connectivity index (χ1v) is 16.0. The van der Waals surface area contributed by atoms with Crippen LogP contribution >= 0.6 is 23.2 Å². The van der Waals surface area contributed by atoms with Crippen molar-refractivity contribution in [3.8, 4) is 5.75 Å². The molecular formula is C32H42Cl2N4O4. The highest BCUT2D eigenvalue weighted by molar-refractivity contribution is 6.43. The molecule has 0 radical (unpaired) electrons. The van der Waals surface area contributed by atoms with Crippen LogP contribution in [0.4, 0.5) is 16.2 Å². The van der Waals surface area contributed by atoms with Gasteiger partial charge in [-0.2, -0.15) is 0 Å². The number of unbranched alkanes of at least 4 members (excludes halogenated alkanes) is 1. The molecule has 3 aliphatic rings. The van der Waals surface area contributed by atoms with E-state index in [-0.39, 0.29) is 17.9 Å². The van der Waals surface area contributed by atoms with Gasteiger partial charge in [0, 0.05) is 56.7 Å². The molecule has 8 nitrogen and oxygen atoms in total. The van der Waals surface area contributed by atoms with Gasteiger partial charge in [0.1, 0.15) is 5.75 Å². The van der Waals surface area contributed by atoms with Gasteiger partial charge in [-0.1, -0.05) is 42.3 Å². The summed E-state index contributed by atoms with van der Waals surface area (Å²) in [6, 6.07) is 9.89. The van der Waals surface area contributed by atoms with Crippen molar-refractivity contribution >= 4 is 46.6 Å². The Hall–Kier alpha value is -2.68. The van der Waals surface area contributed by atoms with E-state index in [2.05, 4.69) is 15.9 Å². The average Bonchev–Trinajstić information content (AvgIpc) is 3.26. The molecule has 0 N–H and O–H groups in total. The van der Waals surface area contributed by atoms with Crippen molar-refractivity contribution in [2.24, 2.45) is 0 Å². The first-order valence-electron chi connectivity index (χ1n) is 15.2. The van der Waals surface area contributed by atoms with Crippen LogP contribution in [0.15, 0.2) is 30.3 Å². The molecule has 0 saturated carbocycles. The van der Waals surface area contributed by atoms with E-state index in [1.807, 2.05) is 52.0 Å². The highest BCUT2D eigenvalue weighted by Gasteiger charge is 2.47. The number of nitrogens with zero attached hydrogens (tertiary/aromatic N) is 4. The fourth-order valence-corrected chi connectivity index (χ4v) is 6.82. The summed E-state index contributed by atoms with van der Waals surface area (Å²) >= 11 is 12.6. The lowest BCUT2D eigenvalue weighted by Gasteiger charge is -2.36. The number of hydrogen-bond donors (Lipinski definition) is 0. The van der Waals surface area contributed by atoms with Crippen LogP contribution in [0.2, 0.25) is 10.0 Å². The number of rotatable bonds is 10. The van der Waals surface area contributed by atoms with Gasteiger partial charge in [0.2, 0.25) is 5.91 Å². The Morgan fingerprint density at radius 2 is 1.83 bits per heavy atom. The standard InChI is InChI=1S/C32H42Cl2N4O4/c1-5-37(21(2)3)32(40)42-31-22(4)28-26(13-11-23-12-14-27(39)38(31)30(23)28)41-20-7-6-15-35-16-18-36(19-17-35)25-10-8-9-24(33)29(25)34/h8-11,13,21-22,31H,5-7,12,14-20H2,1-4H3. The van der Waals surface area contributed by atoms with Crippen LogP contribution in [0.1, 0.15) is 64.0 Å². The van der Waals surface area contributed by atoms with Crippen molar-refractivity contribution < 1.29 is 19.1 Å². The van der Waals surface area contributed by atoms with Crippen molar-refractivity contribution in [1.82, 2.24) is 9.80 Å². The van der Waals surface area contributed by atoms with E-state index in [1.165, 1.54) is 0 Å². The molecular weight excluding hydrogens is 575 g/mol. The van der Waals surface area contributed by atoms with E-state index in [4.69, 9.17) is 32.7 Å². The zero-order valence-electron chi connectivity index (χ0n) is 25.1. The molecule has 228 valence electrons. The van der Waals surface area contributed by atoms with Gasteiger partial charge in [-0.3, -0.25) is 14.6 Å². The summed E-state index contributed by atoms with van der Waals surface area (Å²) in [5, 5.41) is 1.22. The maximum atomic E-state index is 13.1. The van der Waals surface area contributed by atoms with E-state index < -0.39 is 12.3 Å². The summed E-state index contributed by atoms with van der Waals surface area (Å²) in [5.41, 5.74) is 3.96. The van der Waals surface area contributed by atoms with Gasteiger partial charge >= 0.3 is 6.09 Å². The second-order valence-corrected chi connectivity index (χ2v) is 12.4. The minimum Gasteiger partial charge on any atom is -0.493 e. The Morgan fingerprint density at radius 3 is 2.55 bits per heavy atom. The predicted octanol–water partition coefficient (Wildman–Crippen LogP) is 6.56. The molecule has 2 amide bonds. The second-order valence-electron chi connectivity index (χ2n) is 11.6. The summed E-state index contributed by atoms with van der Waals surface area (Å²) in [6.45, 7) is 13.8. The average molecular weight is 618 g/mol. The molecule has 0 aliphatic carbocycles. The van der Waals surface area contributed by atoms with E-state index in [9.17, 15) is 9.59 Å². The fraction of sp³-hybridized carbons (Fsp3) is 0.562. The highest BCUT2D eigenvalue weighted by Crippen LogP contribution is 2.50. The predicted molar refractivity (Wildman–Crippen MR) is 168 cm³/mol. The number of halogens is 2. The van der Waals surface area contributed by atoms with E-state index in [1.54, 1.807) is 9.80 Å². The minimum atomic E-state index is -0.669. The largest absolute Gasteiger partial charge is 0.493 e. The van der Waals surface area contributed by atoms with Crippen molar-refractivity contribution in [3.05, 3.63) is 51.5 Å². The van der Waals surface area contributed by atoms with Gasteiger partial charge in [0.15, 0.2) is 6.23 Å². The van der Waals surface area contributed by atoms with Crippen LogP contribution in [-0.2, 0) is 16.0 Å². The summed E-state index contributed by atoms with van der Waals surface area (Å²) in [4.78, 5) is 34.3. The van der Waals surface area contributed by atoms with Crippen molar-refractivity contribution in [3.63, 3.8) is 0 Å².